The molecule has 5 nitrogen and oxygen atoms in total. The van der Waals surface area contributed by atoms with Crippen molar-refractivity contribution in [3.05, 3.63) is 65.3 Å². The number of benzene rings is 1. The lowest BCUT2D eigenvalue weighted by Gasteiger charge is -2.07. The van der Waals surface area contributed by atoms with Crippen molar-refractivity contribution in [2.75, 3.05) is 0 Å². The molecule has 22 heavy (non-hydrogen) atoms. The summed E-state index contributed by atoms with van der Waals surface area (Å²) in [6.45, 7) is 0.282. The van der Waals surface area contributed by atoms with Crippen molar-refractivity contribution < 1.29 is 9.53 Å². The average molecular weight is 314 g/mol. The van der Waals surface area contributed by atoms with Gasteiger partial charge in [-0.15, -0.1) is 0 Å². The number of nitrogens with zero attached hydrogens (tertiary/aromatic N) is 2. The van der Waals surface area contributed by atoms with E-state index in [-0.39, 0.29) is 12.4 Å². The molecule has 0 aliphatic carbocycles. The van der Waals surface area contributed by atoms with Crippen molar-refractivity contribution >= 4 is 28.7 Å². The van der Waals surface area contributed by atoms with Gasteiger partial charge in [-0.3, -0.25) is 0 Å². The molecule has 3 rings (SSSR count). The Morgan fingerprint density at radius 3 is 2.86 bits per heavy atom. The maximum absolute atomic E-state index is 11.8. The third-order valence-corrected chi connectivity index (χ3v) is 3.39. The summed E-state index contributed by atoms with van der Waals surface area (Å²) in [6, 6.07) is 14.4. The van der Waals surface area contributed by atoms with Crippen molar-refractivity contribution in [3.63, 3.8) is 0 Å². The second-order valence-electron chi connectivity index (χ2n) is 4.53. The molecule has 3 aromatic rings. The molecule has 2 heterocycles. The van der Waals surface area contributed by atoms with E-state index < -0.39 is 6.09 Å². The SMILES string of the molecule is O=C(NCc1ccccc1Cl)Oc1ccc2cccnc2n1. The van der Waals surface area contributed by atoms with Crippen LogP contribution in [0.1, 0.15) is 5.56 Å². The summed E-state index contributed by atoms with van der Waals surface area (Å²) in [5.74, 6) is 0.197. The standard InChI is InChI=1S/C16H12ClN3O2/c17-13-6-2-1-4-12(13)10-19-16(21)22-14-8-7-11-5-3-9-18-15(11)20-14/h1-9H,10H2,(H,19,21). The molecule has 6 heteroatoms. The lowest BCUT2D eigenvalue weighted by atomic mass is 10.2. The summed E-state index contributed by atoms with van der Waals surface area (Å²) in [5, 5.41) is 4.10. The van der Waals surface area contributed by atoms with Crippen molar-refractivity contribution in [2.45, 2.75) is 6.54 Å². The second kappa shape index (κ2) is 6.41. The average Bonchev–Trinajstić information content (AvgIpc) is 2.54. The first-order valence-electron chi connectivity index (χ1n) is 6.63. The molecule has 0 aliphatic rings. The van der Waals surface area contributed by atoms with Crippen LogP contribution < -0.4 is 10.1 Å². The Kier molecular flexibility index (Phi) is 4.16. The zero-order valence-electron chi connectivity index (χ0n) is 11.5. The third-order valence-electron chi connectivity index (χ3n) is 3.02. The molecule has 0 saturated heterocycles. The fourth-order valence-electron chi connectivity index (χ4n) is 1.93. The molecule has 0 radical (unpaired) electrons. The lowest BCUT2D eigenvalue weighted by Crippen LogP contribution is -2.26. The summed E-state index contributed by atoms with van der Waals surface area (Å²) >= 11 is 6.02. The molecule has 110 valence electrons. The van der Waals surface area contributed by atoms with Crippen LogP contribution in [0.2, 0.25) is 5.02 Å². The van der Waals surface area contributed by atoms with E-state index in [0.717, 1.165) is 10.9 Å². The van der Waals surface area contributed by atoms with Crippen molar-refractivity contribution in [1.82, 2.24) is 15.3 Å². The Morgan fingerprint density at radius 1 is 1.14 bits per heavy atom. The number of carbonyl (C=O) groups is 1. The Labute approximate surface area is 131 Å². The summed E-state index contributed by atoms with van der Waals surface area (Å²) in [4.78, 5) is 20.1. The van der Waals surface area contributed by atoms with Gasteiger partial charge in [-0.2, -0.15) is 4.98 Å². The van der Waals surface area contributed by atoms with E-state index in [1.54, 1.807) is 24.4 Å². The number of amides is 1. The zero-order chi connectivity index (χ0) is 15.4. The summed E-state index contributed by atoms with van der Waals surface area (Å²) in [7, 11) is 0. The maximum Gasteiger partial charge on any atom is 0.414 e. The van der Waals surface area contributed by atoms with E-state index in [9.17, 15) is 4.79 Å². The second-order valence-corrected chi connectivity index (χ2v) is 4.94. The molecule has 1 amide bonds. The van der Waals surface area contributed by atoms with Crippen LogP contribution in [0.15, 0.2) is 54.7 Å². The van der Waals surface area contributed by atoms with E-state index in [0.29, 0.717) is 10.7 Å². The van der Waals surface area contributed by atoms with E-state index in [4.69, 9.17) is 16.3 Å². The molecule has 2 aromatic heterocycles. The van der Waals surface area contributed by atoms with E-state index in [2.05, 4.69) is 15.3 Å². The third kappa shape index (κ3) is 3.32. The number of carbonyl (C=O) groups excluding carboxylic acids is 1. The molecule has 1 N–H and O–H groups in total. The fraction of sp³-hybridized carbons (Fsp3) is 0.0625. The smallest absolute Gasteiger partial charge is 0.391 e. The highest BCUT2D eigenvalue weighted by molar-refractivity contribution is 6.31. The van der Waals surface area contributed by atoms with Gasteiger partial charge in [0.1, 0.15) is 0 Å². The van der Waals surface area contributed by atoms with E-state index in [1.807, 2.05) is 30.3 Å². The normalized spacial score (nSPS) is 10.4. The Bertz CT molecular complexity index is 823. The lowest BCUT2D eigenvalue weighted by molar-refractivity contribution is 0.198. The molecule has 1 aromatic carbocycles. The van der Waals surface area contributed by atoms with Gasteiger partial charge in [0.15, 0.2) is 5.65 Å². The Morgan fingerprint density at radius 2 is 2.00 bits per heavy atom. The highest BCUT2D eigenvalue weighted by Gasteiger charge is 2.07. The number of fused-ring (bicyclic) bond motifs is 1. The van der Waals surface area contributed by atoms with Gasteiger partial charge in [0.2, 0.25) is 5.88 Å². The van der Waals surface area contributed by atoms with Crippen LogP contribution >= 0.6 is 11.6 Å². The molecule has 0 bridgehead atoms. The summed E-state index contributed by atoms with van der Waals surface area (Å²) < 4.78 is 5.14. The molecule has 0 saturated carbocycles. The van der Waals surface area contributed by atoms with Gasteiger partial charge in [-0.1, -0.05) is 29.8 Å². The van der Waals surface area contributed by atoms with E-state index in [1.165, 1.54) is 0 Å². The quantitative estimate of drug-likeness (QED) is 0.803. The number of nitrogens with one attached hydrogen (secondary N) is 1. The monoisotopic (exact) mass is 313 g/mol. The number of hydrogen-bond donors (Lipinski definition) is 1. The van der Waals surface area contributed by atoms with Crippen molar-refractivity contribution in [3.8, 4) is 5.88 Å². The minimum absolute atomic E-state index is 0.197. The molecule has 0 atom stereocenters. The predicted molar refractivity (Wildman–Crippen MR) is 83.9 cm³/mol. The van der Waals surface area contributed by atoms with Gasteiger partial charge in [0, 0.05) is 29.2 Å². The van der Waals surface area contributed by atoms with Crippen LogP contribution in [0, 0.1) is 0 Å². The molecule has 0 aliphatic heterocycles. The molecular weight excluding hydrogens is 302 g/mol. The van der Waals surface area contributed by atoms with E-state index >= 15 is 0 Å². The predicted octanol–water partition coefficient (Wildman–Crippen LogP) is 3.57. The Hall–Kier alpha value is -2.66. The molecule has 0 fully saturated rings. The van der Waals surface area contributed by atoms with Gasteiger partial charge in [-0.25, -0.2) is 9.78 Å². The van der Waals surface area contributed by atoms with Crippen LogP contribution in [0.3, 0.4) is 0 Å². The first kappa shape index (κ1) is 14.3. The number of pyridine rings is 2. The van der Waals surface area contributed by atoms with Gasteiger partial charge in [-0.05, 0) is 29.8 Å². The van der Waals surface area contributed by atoms with Crippen LogP contribution in [-0.2, 0) is 6.54 Å². The number of ether oxygens (including phenoxy) is 1. The van der Waals surface area contributed by atoms with Gasteiger partial charge in [0.05, 0.1) is 0 Å². The first-order chi connectivity index (χ1) is 10.7. The molecule has 0 spiro atoms. The van der Waals surface area contributed by atoms with Crippen LogP contribution in [-0.4, -0.2) is 16.1 Å². The largest absolute Gasteiger partial charge is 0.414 e. The molecular formula is C16H12ClN3O2. The number of rotatable bonds is 3. The van der Waals surface area contributed by atoms with Crippen LogP contribution in [0.4, 0.5) is 4.79 Å². The number of aromatic nitrogens is 2. The van der Waals surface area contributed by atoms with Crippen molar-refractivity contribution in [2.24, 2.45) is 0 Å². The minimum atomic E-state index is -0.595. The van der Waals surface area contributed by atoms with Gasteiger partial charge >= 0.3 is 6.09 Å². The number of hydrogen-bond acceptors (Lipinski definition) is 4. The van der Waals surface area contributed by atoms with Crippen molar-refractivity contribution in [1.29, 1.82) is 0 Å². The number of halogens is 1. The fourth-order valence-corrected chi connectivity index (χ4v) is 2.14. The first-order valence-corrected chi connectivity index (χ1v) is 7.01. The zero-order valence-corrected chi connectivity index (χ0v) is 12.2. The highest BCUT2D eigenvalue weighted by Crippen LogP contribution is 2.16. The van der Waals surface area contributed by atoms with Crippen LogP contribution in [0.25, 0.3) is 11.0 Å². The highest BCUT2D eigenvalue weighted by atomic mass is 35.5. The van der Waals surface area contributed by atoms with Crippen LogP contribution in [0.5, 0.6) is 5.88 Å². The summed E-state index contributed by atoms with van der Waals surface area (Å²) in [6.07, 6.45) is 1.04. The Balaban J connectivity index is 1.64. The molecule has 0 unspecified atom stereocenters. The maximum atomic E-state index is 11.8. The van der Waals surface area contributed by atoms with Gasteiger partial charge < -0.3 is 10.1 Å². The van der Waals surface area contributed by atoms with Gasteiger partial charge in [0.25, 0.3) is 0 Å². The minimum Gasteiger partial charge on any atom is -0.391 e. The topological polar surface area (TPSA) is 64.1 Å². The summed E-state index contributed by atoms with van der Waals surface area (Å²) in [5.41, 5.74) is 1.34.